The predicted molar refractivity (Wildman–Crippen MR) is 91.1 cm³/mol. The summed E-state index contributed by atoms with van der Waals surface area (Å²) in [7, 11) is 1.63. The number of piperidine rings is 1. The second-order valence-corrected chi connectivity index (χ2v) is 6.72. The van der Waals surface area contributed by atoms with E-state index in [2.05, 4.69) is 10.2 Å². The van der Waals surface area contributed by atoms with Crippen molar-refractivity contribution in [3.63, 3.8) is 0 Å². The van der Waals surface area contributed by atoms with Gasteiger partial charge in [-0.15, -0.1) is 0 Å². The van der Waals surface area contributed by atoms with Gasteiger partial charge in [0.05, 0.1) is 7.11 Å². The van der Waals surface area contributed by atoms with Gasteiger partial charge in [-0.1, -0.05) is 12.1 Å². The number of carbonyl (C=O) groups is 1. The zero-order chi connectivity index (χ0) is 16.5. The first kappa shape index (κ1) is 15.3. The lowest BCUT2D eigenvalue weighted by atomic mass is 9.97. The van der Waals surface area contributed by atoms with E-state index in [1.165, 1.54) is 13.0 Å². The molecule has 126 valence electrons. The van der Waals surface area contributed by atoms with E-state index in [1.54, 1.807) is 13.2 Å². The van der Waals surface area contributed by atoms with Crippen LogP contribution in [0.25, 0.3) is 11.3 Å². The molecule has 2 aliphatic rings. The van der Waals surface area contributed by atoms with E-state index >= 15 is 0 Å². The first-order valence-electron chi connectivity index (χ1n) is 8.49. The Labute approximate surface area is 141 Å². The molecule has 1 aromatic heterocycles. The van der Waals surface area contributed by atoms with Gasteiger partial charge in [-0.3, -0.25) is 4.79 Å². The monoisotopic (exact) mass is 326 g/mol. The van der Waals surface area contributed by atoms with Gasteiger partial charge in [0.2, 0.25) is 0 Å². The van der Waals surface area contributed by atoms with Gasteiger partial charge in [0.15, 0.2) is 5.76 Å². The van der Waals surface area contributed by atoms with E-state index in [0.29, 0.717) is 11.5 Å². The Morgan fingerprint density at radius 3 is 3.04 bits per heavy atom. The maximum atomic E-state index is 12.5. The zero-order valence-corrected chi connectivity index (χ0v) is 13.8. The molecule has 2 aliphatic heterocycles. The number of benzene rings is 1. The molecule has 3 atom stereocenters. The molecule has 0 aliphatic carbocycles. The van der Waals surface area contributed by atoms with Crippen LogP contribution in [0.4, 0.5) is 0 Å². The Hall–Kier alpha value is -2.27. The summed E-state index contributed by atoms with van der Waals surface area (Å²) in [6.07, 6.45) is 2.33. The quantitative estimate of drug-likeness (QED) is 0.939. The van der Waals surface area contributed by atoms with Crippen molar-refractivity contribution in [2.24, 2.45) is 5.92 Å². The number of hydrogen-bond donors (Lipinski definition) is 1. The molecular formula is C19H22N2O3. The number of carbonyl (C=O) groups excluding carboxylic acids is 1. The van der Waals surface area contributed by atoms with Crippen LogP contribution in [0.2, 0.25) is 0 Å². The SMILES string of the molecule is COc1cccc(-c2ccc(C(=O)N[C@H]3C[C@H]4CCN(C4)C3)o2)c1. The van der Waals surface area contributed by atoms with Crippen molar-refractivity contribution < 1.29 is 13.9 Å². The molecular weight excluding hydrogens is 304 g/mol. The zero-order valence-electron chi connectivity index (χ0n) is 13.8. The Morgan fingerprint density at radius 1 is 1.29 bits per heavy atom. The molecule has 5 heteroatoms. The highest BCUT2D eigenvalue weighted by molar-refractivity contribution is 5.92. The standard InChI is InChI=1S/C19H22N2O3/c1-23-16-4-2-3-14(10-16)17-5-6-18(24-17)19(22)20-15-9-13-7-8-21(11-13)12-15/h2-6,10,13,15H,7-9,11-12H2,1H3,(H,20,22)/t13-,15+/m1/s1. The fraction of sp³-hybridized carbons (Fsp3) is 0.421. The number of fused-ring (bicyclic) bond motifs is 2. The summed E-state index contributed by atoms with van der Waals surface area (Å²) in [4.78, 5) is 14.9. The van der Waals surface area contributed by atoms with Crippen molar-refractivity contribution in [3.05, 3.63) is 42.2 Å². The lowest BCUT2D eigenvalue weighted by molar-refractivity contribution is 0.0882. The molecule has 2 bridgehead atoms. The number of nitrogens with one attached hydrogen (secondary N) is 1. The minimum atomic E-state index is -0.128. The van der Waals surface area contributed by atoms with Crippen LogP contribution in [-0.2, 0) is 0 Å². The number of rotatable bonds is 4. The lowest BCUT2D eigenvalue weighted by Crippen LogP contribution is -2.46. The molecule has 5 nitrogen and oxygen atoms in total. The molecule has 0 radical (unpaired) electrons. The Bertz CT molecular complexity index is 728. The first-order valence-corrected chi connectivity index (χ1v) is 8.49. The smallest absolute Gasteiger partial charge is 0.287 e. The number of amides is 1. The maximum absolute atomic E-state index is 12.5. The highest BCUT2D eigenvalue weighted by Crippen LogP contribution is 2.28. The normalized spacial score (nSPS) is 25.5. The molecule has 24 heavy (non-hydrogen) atoms. The third-order valence-corrected chi connectivity index (χ3v) is 4.99. The summed E-state index contributed by atoms with van der Waals surface area (Å²) in [5.41, 5.74) is 0.898. The van der Waals surface area contributed by atoms with Gasteiger partial charge in [-0.05, 0) is 49.6 Å². The second kappa shape index (κ2) is 6.32. The largest absolute Gasteiger partial charge is 0.497 e. The molecule has 1 unspecified atom stereocenters. The third kappa shape index (κ3) is 3.04. The van der Waals surface area contributed by atoms with Gasteiger partial charge in [0, 0.05) is 24.7 Å². The number of ether oxygens (including phenoxy) is 1. The molecule has 1 N–H and O–H groups in total. The molecule has 0 spiro atoms. The number of methoxy groups -OCH3 is 1. The fourth-order valence-corrected chi connectivity index (χ4v) is 3.81. The summed E-state index contributed by atoms with van der Waals surface area (Å²) in [6.45, 7) is 3.30. The van der Waals surface area contributed by atoms with Gasteiger partial charge in [-0.25, -0.2) is 0 Å². The second-order valence-electron chi connectivity index (χ2n) is 6.72. The highest BCUT2D eigenvalue weighted by atomic mass is 16.5. The minimum absolute atomic E-state index is 0.128. The summed E-state index contributed by atoms with van der Waals surface area (Å²) < 4.78 is 11.0. The van der Waals surface area contributed by atoms with Crippen LogP contribution < -0.4 is 10.1 Å². The average Bonchev–Trinajstić information content (AvgIpc) is 3.22. The van der Waals surface area contributed by atoms with Gasteiger partial charge in [0.25, 0.3) is 5.91 Å². The molecule has 4 rings (SSSR count). The maximum Gasteiger partial charge on any atom is 0.287 e. The third-order valence-electron chi connectivity index (χ3n) is 4.99. The van der Waals surface area contributed by atoms with Crippen LogP contribution in [0.3, 0.4) is 0 Å². The van der Waals surface area contributed by atoms with Crippen LogP contribution in [0.1, 0.15) is 23.4 Å². The van der Waals surface area contributed by atoms with Crippen molar-refractivity contribution in [2.75, 3.05) is 26.7 Å². The van der Waals surface area contributed by atoms with Crippen LogP contribution >= 0.6 is 0 Å². The van der Waals surface area contributed by atoms with Crippen LogP contribution in [0.5, 0.6) is 5.75 Å². The number of furan rings is 1. The van der Waals surface area contributed by atoms with E-state index in [-0.39, 0.29) is 11.9 Å². The summed E-state index contributed by atoms with van der Waals surface area (Å²) in [6, 6.07) is 11.4. The van der Waals surface area contributed by atoms with E-state index in [0.717, 1.165) is 36.7 Å². The number of hydrogen-bond acceptors (Lipinski definition) is 4. The van der Waals surface area contributed by atoms with Gasteiger partial charge in [0.1, 0.15) is 11.5 Å². The molecule has 2 saturated heterocycles. The Morgan fingerprint density at radius 2 is 2.21 bits per heavy atom. The number of nitrogens with zero attached hydrogens (tertiary/aromatic N) is 1. The van der Waals surface area contributed by atoms with E-state index < -0.39 is 0 Å². The molecule has 2 aromatic rings. The molecule has 0 saturated carbocycles. The highest BCUT2D eigenvalue weighted by Gasteiger charge is 2.33. The van der Waals surface area contributed by atoms with Crippen LogP contribution in [0, 0.1) is 5.92 Å². The molecule has 3 heterocycles. The van der Waals surface area contributed by atoms with Crippen molar-refractivity contribution in [1.29, 1.82) is 0 Å². The summed E-state index contributed by atoms with van der Waals surface area (Å²) in [5.74, 6) is 2.40. The molecule has 1 aromatic carbocycles. The predicted octanol–water partition coefficient (Wildman–Crippen LogP) is 2.78. The van der Waals surface area contributed by atoms with Crippen molar-refractivity contribution >= 4 is 5.91 Å². The van der Waals surface area contributed by atoms with Crippen LogP contribution in [0.15, 0.2) is 40.8 Å². The van der Waals surface area contributed by atoms with Gasteiger partial charge >= 0.3 is 0 Å². The van der Waals surface area contributed by atoms with Crippen molar-refractivity contribution in [3.8, 4) is 17.1 Å². The fourth-order valence-electron chi connectivity index (χ4n) is 3.81. The van der Waals surface area contributed by atoms with Gasteiger partial charge in [-0.2, -0.15) is 0 Å². The summed E-state index contributed by atoms with van der Waals surface area (Å²) >= 11 is 0. The Kier molecular flexibility index (Phi) is 4.02. The topological polar surface area (TPSA) is 54.7 Å². The van der Waals surface area contributed by atoms with Crippen molar-refractivity contribution in [1.82, 2.24) is 10.2 Å². The van der Waals surface area contributed by atoms with E-state index in [9.17, 15) is 4.79 Å². The van der Waals surface area contributed by atoms with Gasteiger partial charge < -0.3 is 19.4 Å². The van der Waals surface area contributed by atoms with E-state index in [4.69, 9.17) is 9.15 Å². The molecule has 2 fully saturated rings. The molecule has 1 amide bonds. The Balaban J connectivity index is 1.45. The van der Waals surface area contributed by atoms with Crippen LogP contribution in [-0.4, -0.2) is 43.6 Å². The first-order chi connectivity index (χ1) is 11.7. The average molecular weight is 326 g/mol. The van der Waals surface area contributed by atoms with Crippen molar-refractivity contribution in [2.45, 2.75) is 18.9 Å². The summed E-state index contributed by atoms with van der Waals surface area (Å²) in [5, 5.41) is 3.12. The lowest BCUT2D eigenvalue weighted by Gasteiger charge is -2.30. The van der Waals surface area contributed by atoms with E-state index in [1.807, 2.05) is 30.3 Å². The minimum Gasteiger partial charge on any atom is -0.497 e.